The van der Waals surface area contributed by atoms with E-state index in [2.05, 4.69) is 13.8 Å². The van der Waals surface area contributed by atoms with Gasteiger partial charge in [-0.1, -0.05) is 26.0 Å². The van der Waals surface area contributed by atoms with Gasteiger partial charge in [-0.2, -0.15) is 0 Å². The maximum atomic E-state index is 10.8. The molecule has 0 atom stereocenters. The summed E-state index contributed by atoms with van der Waals surface area (Å²) in [6.07, 6.45) is 1.04. The van der Waals surface area contributed by atoms with Crippen LogP contribution in [0.2, 0.25) is 0 Å². The van der Waals surface area contributed by atoms with Crippen molar-refractivity contribution in [3.05, 3.63) is 35.4 Å². The summed E-state index contributed by atoms with van der Waals surface area (Å²) in [6, 6.07) is 7.47. The lowest BCUT2D eigenvalue weighted by Gasteiger charge is -2.04. The van der Waals surface area contributed by atoms with Crippen LogP contribution in [0.15, 0.2) is 24.3 Å². The molecule has 2 heteroatoms. The molecule has 1 rings (SSSR count). The SMILES string of the molecule is CC(C)Cc1ccc(C(N)=O)cc1. The highest BCUT2D eigenvalue weighted by atomic mass is 16.1. The zero-order valence-electron chi connectivity index (χ0n) is 8.08. The fourth-order valence-electron chi connectivity index (χ4n) is 1.28. The third kappa shape index (κ3) is 2.90. The van der Waals surface area contributed by atoms with E-state index in [1.54, 1.807) is 12.1 Å². The van der Waals surface area contributed by atoms with Crippen LogP contribution in [-0.4, -0.2) is 5.91 Å². The standard InChI is InChI=1S/C11H15NO/c1-8(2)7-9-3-5-10(6-4-9)11(12)13/h3-6,8H,7H2,1-2H3,(H2,12,13). The molecule has 2 N–H and O–H groups in total. The Bertz CT molecular complexity index is 287. The molecule has 0 aromatic heterocycles. The van der Waals surface area contributed by atoms with E-state index in [4.69, 9.17) is 5.73 Å². The lowest BCUT2D eigenvalue weighted by atomic mass is 10.0. The molecule has 1 aromatic carbocycles. The van der Waals surface area contributed by atoms with Crippen molar-refractivity contribution in [2.75, 3.05) is 0 Å². The Morgan fingerprint density at radius 2 is 1.85 bits per heavy atom. The average molecular weight is 177 g/mol. The number of hydrogen-bond donors (Lipinski definition) is 1. The van der Waals surface area contributed by atoms with Crippen LogP contribution < -0.4 is 5.73 Å². The summed E-state index contributed by atoms with van der Waals surface area (Å²) >= 11 is 0. The number of carbonyl (C=O) groups is 1. The van der Waals surface area contributed by atoms with Gasteiger partial charge in [0.1, 0.15) is 0 Å². The van der Waals surface area contributed by atoms with Gasteiger partial charge < -0.3 is 5.73 Å². The third-order valence-electron chi connectivity index (χ3n) is 1.88. The zero-order valence-corrected chi connectivity index (χ0v) is 8.08. The molecule has 0 saturated carbocycles. The van der Waals surface area contributed by atoms with Crippen LogP contribution in [0.5, 0.6) is 0 Å². The highest BCUT2D eigenvalue weighted by Crippen LogP contribution is 2.09. The lowest BCUT2D eigenvalue weighted by Crippen LogP contribution is -2.10. The summed E-state index contributed by atoms with van der Waals surface area (Å²) in [5, 5.41) is 0. The Labute approximate surface area is 78.8 Å². The molecule has 1 aromatic rings. The van der Waals surface area contributed by atoms with Crippen molar-refractivity contribution in [2.24, 2.45) is 11.7 Å². The second kappa shape index (κ2) is 4.08. The Balaban J connectivity index is 2.75. The molecule has 0 spiro atoms. The molecule has 1 amide bonds. The molecule has 0 saturated heterocycles. The molecular formula is C11H15NO. The molecule has 2 nitrogen and oxygen atoms in total. The third-order valence-corrected chi connectivity index (χ3v) is 1.88. The van der Waals surface area contributed by atoms with Gasteiger partial charge in [0.05, 0.1) is 0 Å². The minimum Gasteiger partial charge on any atom is -0.366 e. The Morgan fingerprint density at radius 3 is 2.23 bits per heavy atom. The summed E-state index contributed by atoms with van der Waals surface area (Å²) in [5.74, 6) is 0.274. The molecule has 70 valence electrons. The maximum absolute atomic E-state index is 10.8. The van der Waals surface area contributed by atoms with Gasteiger partial charge in [-0.3, -0.25) is 4.79 Å². The molecule has 0 fully saturated rings. The Hall–Kier alpha value is -1.31. The number of benzene rings is 1. The van der Waals surface area contributed by atoms with E-state index in [-0.39, 0.29) is 5.91 Å². The van der Waals surface area contributed by atoms with Crippen LogP contribution in [0.25, 0.3) is 0 Å². The summed E-state index contributed by atoms with van der Waals surface area (Å²) in [6.45, 7) is 4.34. The van der Waals surface area contributed by atoms with E-state index in [0.29, 0.717) is 11.5 Å². The van der Waals surface area contributed by atoms with Crippen LogP contribution in [0.1, 0.15) is 29.8 Å². The molecule has 13 heavy (non-hydrogen) atoms. The first-order valence-electron chi connectivity index (χ1n) is 4.48. The largest absolute Gasteiger partial charge is 0.366 e. The average Bonchev–Trinajstić information content (AvgIpc) is 2.04. The van der Waals surface area contributed by atoms with E-state index in [1.165, 1.54) is 5.56 Å². The van der Waals surface area contributed by atoms with Crippen LogP contribution in [-0.2, 0) is 6.42 Å². The fourth-order valence-corrected chi connectivity index (χ4v) is 1.28. The minimum atomic E-state index is -0.365. The van der Waals surface area contributed by atoms with Gasteiger partial charge >= 0.3 is 0 Å². The topological polar surface area (TPSA) is 43.1 Å². The minimum absolute atomic E-state index is 0.365. The number of primary amides is 1. The van der Waals surface area contributed by atoms with Gasteiger partial charge in [0.2, 0.25) is 5.91 Å². The van der Waals surface area contributed by atoms with Crippen LogP contribution in [0, 0.1) is 5.92 Å². The number of carbonyl (C=O) groups excluding carboxylic acids is 1. The first-order valence-corrected chi connectivity index (χ1v) is 4.48. The number of nitrogens with two attached hydrogens (primary N) is 1. The molecular weight excluding hydrogens is 162 g/mol. The van der Waals surface area contributed by atoms with Gasteiger partial charge in [-0.05, 0) is 30.0 Å². The normalized spacial score (nSPS) is 10.4. The van der Waals surface area contributed by atoms with Crippen molar-refractivity contribution in [3.63, 3.8) is 0 Å². The predicted molar refractivity (Wildman–Crippen MR) is 53.5 cm³/mol. The fraction of sp³-hybridized carbons (Fsp3) is 0.364. The lowest BCUT2D eigenvalue weighted by molar-refractivity contribution is 0.100. The number of rotatable bonds is 3. The van der Waals surface area contributed by atoms with Crippen LogP contribution in [0.4, 0.5) is 0 Å². The van der Waals surface area contributed by atoms with Crippen molar-refractivity contribution in [1.82, 2.24) is 0 Å². The molecule has 0 aliphatic carbocycles. The molecule has 0 heterocycles. The van der Waals surface area contributed by atoms with Crippen molar-refractivity contribution < 1.29 is 4.79 Å². The van der Waals surface area contributed by atoms with Gasteiger partial charge in [-0.25, -0.2) is 0 Å². The quantitative estimate of drug-likeness (QED) is 0.753. The van der Waals surface area contributed by atoms with Crippen molar-refractivity contribution in [2.45, 2.75) is 20.3 Å². The van der Waals surface area contributed by atoms with Gasteiger partial charge in [0, 0.05) is 5.56 Å². The zero-order chi connectivity index (χ0) is 9.84. The molecule has 0 aliphatic rings. The molecule has 0 bridgehead atoms. The number of amides is 1. The van der Waals surface area contributed by atoms with Gasteiger partial charge in [0.15, 0.2) is 0 Å². The van der Waals surface area contributed by atoms with E-state index in [0.717, 1.165) is 6.42 Å². The van der Waals surface area contributed by atoms with Gasteiger partial charge in [0.25, 0.3) is 0 Å². The second-order valence-corrected chi connectivity index (χ2v) is 3.66. The highest BCUT2D eigenvalue weighted by Gasteiger charge is 2.00. The smallest absolute Gasteiger partial charge is 0.248 e. The molecule has 0 radical (unpaired) electrons. The molecule has 0 unspecified atom stereocenters. The first kappa shape index (κ1) is 9.78. The Kier molecular flexibility index (Phi) is 3.07. The first-order chi connectivity index (χ1) is 6.09. The summed E-state index contributed by atoms with van der Waals surface area (Å²) in [4.78, 5) is 10.8. The van der Waals surface area contributed by atoms with Gasteiger partial charge in [-0.15, -0.1) is 0 Å². The van der Waals surface area contributed by atoms with Crippen LogP contribution in [0.3, 0.4) is 0 Å². The summed E-state index contributed by atoms with van der Waals surface area (Å²) in [7, 11) is 0. The van der Waals surface area contributed by atoms with E-state index < -0.39 is 0 Å². The van der Waals surface area contributed by atoms with Crippen molar-refractivity contribution in [1.29, 1.82) is 0 Å². The predicted octanol–water partition coefficient (Wildman–Crippen LogP) is 1.98. The molecule has 0 aliphatic heterocycles. The van der Waals surface area contributed by atoms with E-state index in [1.807, 2.05) is 12.1 Å². The van der Waals surface area contributed by atoms with Crippen molar-refractivity contribution in [3.8, 4) is 0 Å². The highest BCUT2D eigenvalue weighted by molar-refractivity contribution is 5.92. The number of hydrogen-bond acceptors (Lipinski definition) is 1. The monoisotopic (exact) mass is 177 g/mol. The van der Waals surface area contributed by atoms with E-state index >= 15 is 0 Å². The maximum Gasteiger partial charge on any atom is 0.248 e. The summed E-state index contributed by atoms with van der Waals surface area (Å²) in [5.41, 5.74) is 6.95. The van der Waals surface area contributed by atoms with Crippen molar-refractivity contribution >= 4 is 5.91 Å². The van der Waals surface area contributed by atoms with E-state index in [9.17, 15) is 4.79 Å². The van der Waals surface area contributed by atoms with Crippen LogP contribution >= 0.6 is 0 Å². The summed E-state index contributed by atoms with van der Waals surface area (Å²) < 4.78 is 0. The Morgan fingerprint density at radius 1 is 1.31 bits per heavy atom. The second-order valence-electron chi connectivity index (χ2n) is 3.66.